The van der Waals surface area contributed by atoms with E-state index in [1.54, 1.807) is 0 Å². The van der Waals surface area contributed by atoms with Crippen LogP contribution in [0.5, 0.6) is 0 Å². The predicted octanol–water partition coefficient (Wildman–Crippen LogP) is -0.320. The van der Waals surface area contributed by atoms with Gasteiger partial charge in [-0.2, -0.15) is 0 Å². The summed E-state index contributed by atoms with van der Waals surface area (Å²) in [5.74, 6) is -4.26. The van der Waals surface area contributed by atoms with E-state index in [4.69, 9.17) is 9.47 Å². The van der Waals surface area contributed by atoms with Crippen LogP contribution in [0.25, 0.3) is 0 Å². The van der Waals surface area contributed by atoms with E-state index in [1.807, 2.05) is 12.2 Å². The molecule has 0 unspecified atom stereocenters. The van der Waals surface area contributed by atoms with E-state index in [1.165, 1.54) is 0 Å². The van der Waals surface area contributed by atoms with E-state index in [9.17, 15) is 19.2 Å². The van der Waals surface area contributed by atoms with Crippen molar-refractivity contribution < 1.29 is 28.7 Å². The lowest BCUT2D eigenvalue weighted by Crippen LogP contribution is -2.63. The Morgan fingerprint density at radius 3 is 1.35 bits per heavy atom. The Labute approximate surface area is 113 Å². The summed E-state index contributed by atoms with van der Waals surface area (Å²) in [6.07, 6.45) is 3.83. The summed E-state index contributed by atoms with van der Waals surface area (Å²) in [5, 5.41) is 0. The predicted molar refractivity (Wildman–Crippen MR) is 59.3 cm³/mol. The lowest BCUT2D eigenvalue weighted by Gasteiger charge is -2.59. The van der Waals surface area contributed by atoms with Crippen molar-refractivity contribution in [3.05, 3.63) is 12.2 Å². The summed E-state index contributed by atoms with van der Waals surface area (Å²) in [6.45, 7) is 0. The highest BCUT2D eigenvalue weighted by molar-refractivity contribution is 6.01. The third-order valence-corrected chi connectivity index (χ3v) is 5.81. The molecule has 0 N–H and O–H groups in total. The minimum Gasteiger partial charge on any atom is -0.393 e. The Kier molecular flexibility index (Phi) is 1.63. The van der Waals surface area contributed by atoms with Crippen molar-refractivity contribution in [1.82, 2.24) is 0 Å². The highest BCUT2D eigenvalue weighted by atomic mass is 16.6. The topological polar surface area (TPSA) is 86.7 Å². The fourth-order valence-electron chi connectivity index (χ4n) is 5.20. The van der Waals surface area contributed by atoms with Crippen molar-refractivity contribution in [3.8, 4) is 0 Å². The van der Waals surface area contributed by atoms with Gasteiger partial charge in [0, 0.05) is 0 Å². The van der Waals surface area contributed by atoms with Gasteiger partial charge in [-0.1, -0.05) is 12.2 Å². The molecule has 6 nitrogen and oxygen atoms in total. The number of rotatable bonds is 0. The molecule has 2 heterocycles. The summed E-state index contributed by atoms with van der Waals surface area (Å²) in [4.78, 5) is 47.3. The van der Waals surface area contributed by atoms with Crippen LogP contribution in [0.3, 0.4) is 0 Å². The number of carbonyl (C=O) groups excluding carboxylic acids is 4. The van der Waals surface area contributed by atoms with E-state index in [0.717, 1.165) is 0 Å². The van der Waals surface area contributed by atoms with Gasteiger partial charge in [0.25, 0.3) is 0 Å². The second-order valence-corrected chi connectivity index (χ2v) is 6.28. The number of esters is 4. The minimum absolute atomic E-state index is 0.0614. The van der Waals surface area contributed by atoms with Crippen LogP contribution in [0, 0.1) is 47.3 Å². The van der Waals surface area contributed by atoms with Crippen molar-refractivity contribution in [3.63, 3.8) is 0 Å². The van der Waals surface area contributed by atoms with Crippen LogP contribution in [0.2, 0.25) is 0 Å². The first-order chi connectivity index (χ1) is 9.59. The Morgan fingerprint density at radius 1 is 0.600 bits per heavy atom. The van der Waals surface area contributed by atoms with Gasteiger partial charge in [0.2, 0.25) is 0 Å². The average molecular weight is 274 g/mol. The van der Waals surface area contributed by atoms with Crippen molar-refractivity contribution in [2.24, 2.45) is 47.3 Å². The highest BCUT2D eigenvalue weighted by Gasteiger charge is 2.74. The molecule has 0 aromatic rings. The van der Waals surface area contributed by atoms with E-state index in [-0.39, 0.29) is 23.7 Å². The Hall–Kier alpha value is -1.98. The maximum absolute atomic E-state index is 11.9. The molecule has 0 radical (unpaired) electrons. The van der Waals surface area contributed by atoms with E-state index >= 15 is 0 Å². The van der Waals surface area contributed by atoms with Crippen LogP contribution in [0.15, 0.2) is 12.2 Å². The minimum atomic E-state index is -0.487. The van der Waals surface area contributed by atoms with Crippen molar-refractivity contribution in [1.29, 1.82) is 0 Å². The third-order valence-electron chi connectivity index (χ3n) is 5.81. The van der Waals surface area contributed by atoms with Crippen molar-refractivity contribution in [2.75, 3.05) is 0 Å². The third kappa shape index (κ3) is 0.910. The molecule has 102 valence electrons. The van der Waals surface area contributed by atoms with Gasteiger partial charge in [0.15, 0.2) is 0 Å². The molecule has 0 aromatic carbocycles. The molecule has 0 spiro atoms. The van der Waals surface area contributed by atoms with Crippen LogP contribution < -0.4 is 0 Å². The smallest absolute Gasteiger partial charge is 0.318 e. The molecule has 6 heteroatoms. The summed E-state index contributed by atoms with van der Waals surface area (Å²) in [5.41, 5.74) is 0. The molecule has 2 saturated heterocycles. The molecule has 0 amide bonds. The molecule has 4 aliphatic carbocycles. The van der Waals surface area contributed by atoms with Gasteiger partial charge >= 0.3 is 23.9 Å². The van der Waals surface area contributed by atoms with Gasteiger partial charge in [0.05, 0.1) is 23.7 Å². The number of allylic oxidation sites excluding steroid dienone is 2. The Morgan fingerprint density at radius 2 is 0.950 bits per heavy atom. The summed E-state index contributed by atoms with van der Waals surface area (Å²) >= 11 is 0. The summed E-state index contributed by atoms with van der Waals surface area (Å²) in [6, 6.07) is 0. The van der Waals surface area contributed by atoms with Gasteiger partial charge in [-0.05, 0) is 23.7 Å². The second-order valence-electron chi connectivity index (χ2n) is 6.28. The summed E-state index contributed by atoms with van der Waals surface area (Å²) in [7, 11) is 0. The zero-order valence-corrected chi connectivity index (χ0v) is 10.2. The number of hydrogen-bond acceptors (Lipinski definition) is 6. The molecule has 20 heavy (non-hydrogen) atoms. The monoisotopic (exact) mass is 274 g/mol. The van der Waals surface area contributed by atoms with E-state index in [2.05, 4.69) is 0 Å². The first-order valence-electron chi connectivity index (χ1n) is 6.79. The van der Waals surface area contributed by atoms with Gasteiger partial charge in [-0.3, -0.25) is 19.2 Å². The lowest BCUT2D eigenvalue weighted by molar-refractivity contribution is -0.166. The zero-order chi connectivity index (χ0) is 13.8. The standard InChI is InChI=1S/C14H10O6/c15-11-7-3-1-2-4(8(7)12(16)19-11)6-5(3)9-10(6)14(18)20-13(9)17/h1-10H/t3-,4+,5-,6-,7+,8-,9+,10-/m0/s1. The van der Waals surface area contributed by atoms with Crippen molar-refractivity contribution >= 4 is 23.9 Å². The molecule has 2 aliphatic heterocycles. The van der Waals surface area contributed by atoms with E-state index in [0.29, 0.717) is 0 Å². The highest BCUT2D eigenvalue weighted by Crippen LogP contribution is 2.67. The molecular formula is C14H10O6. The maximum atomic E-state index is 11.9. The molecular weight excluding hydrogens is 264 g/mol. The van der Waals surface area contributed by atoms with Crippen molar-refractivity contribution in [2.45, 2.75) is 0 Å². The molecule has 4 fully saturated rings. The SMILES string of the molecule is O=C1OC(=O)[C@H]2[C@@H]3C=C[C@H]([C@@H]12)[C@@H]1[C@H]2C(=O)OC(=O)[C@H]2[C@@H]31. The molecule has 8 atom stereocenters. The van der Waals surface area contributed by atoms with Crippen LogP contribution in [-0.2, 0) is 28.7 Å². The van der Waals surface area contributed by atoms with Crippen LogP contribution >= 0.6 is 0 Å². The number of hydrogen-bond donors (Lipinski definition) is 0. The first kappa shape index (κ1) is 10.8. The maximum Gasteiger partial charge on any atom is 0.318 e. The quantitative estimate of drug-likeness (QED) is 0.342. The van der Waals surface area contributed by atoms with E-state index < -0.39 is 47.5 Å². The average Bonchev–Trinajstić information content (AvgIpc) is 2.78. The number of carbonyl (C=O) groups is 4. The van der Waals surface area contributed by atoms with Crippen LogP contribution in [0.1, 0.15) is 0 Å². The Bertz CT molecular complexity index is 582. The van der Waals surface area contributed by atoms with Gasteiger partial charge in [0.1, 0.15) is 0 Å². The first-order valence-corrected chi connectivity index (χ1v) is 6.79. The fourth-order valence-corrected chi connectivity index (χ4v) is 5.20. The second kappa shape index (κ2) is 3.02. The van der Waals surface area contributed by atoms with Gasteiger partial charge < -0.3 is 9.47 Å². The fraction of sp³-hybridized carbons (Fsp3) is 0.571. The number of ether oxygens (including phenoxy) is 2. The molecule has 6 rings (SSSR count). The molecule has 2 saturated carbocycles. The molecule has 2 bridgehead atoms. The van der Waals surface area contributed by atoms with Crippen LogP contribution in [-0.4, -0.2) is 23.9 Å². The zero-order valence-electron chi connectivity index (χ0n) is 10.2. The number of cyclic esters (lactones) is 4. The molecule has 0 aromatic heterocycles. The van der Waals surface area contributed by atoms with Gasteiger partial charge in [-0.25, -0.2) is 0 Å². The largest absolute Gasteiger partial charge is 0.393 e. The normalized spacial score (nSPS) is 54.0. The number of fused-ring (bicyclic) bond motifs is 1. The van der Waals surface area contributed by atoms with Crippen LogP contribution in [0.4, 0.5) is 0 Å². The summed E-state index contributed by atoms with van der Waals surface area (Å²) < 4.78 is 9.50. The Balaban J connectivity index is 1.63. The molecule has 6 aliphatic rings. The van der Waals surface area contributed by atoms with Gasteiger partial charge in [-0.15, -0.1) is 0 Å². The lowest BCUT2D eigenvalue weighted by atomic mass is 9.40.